The Balaban J connectivity index is 1.59. The molecule has 0 aromatic heterocycles. The molecule has 1 fully saturated rings. The van der Waals surface area contributed by atoms with E-state index in [9.17, 15) is 4.79 Å². The Labute approximate surface area is 144 Å². The maximum Gasteiger partial charge on any atom is 0.227 e. The molecule has 0 bridgehead atoms. The summed E-state index contributed by atoms with van der Waals surface area (Å²) in [5.41, 5.74) is 2.81. The van der Waals surface area contributed by atoms with Crippen LogP contribution in [0.5, 0.6) is 0 Å². The second-order valence-corrected chi connectivity index (χ2v) is 6.50. The highest BCUT2D eigenvalue weighted by Crippen LogP contribution is 2.23. The minimum absolute atomic E-state index is 0.0585. The first-order chi connectivity index (χ1) is 11.2. The van der Waals surface area contributed by atoms with Crippen LogP contribution in [0.1, 0.15) is 12.8 Å². The van der Waals surface area contributed by atoms with Crippen molar-refractivity contribution in [2.75, 3.05) is 23.8 Å². The van der Waals surface area contributed by atoms with Crippen molar-refractivity contribution < 1.29 is 9.53 Å². The van der Waals surface area contributed by atoms with Crippen LogP contribution in [0.2, 0.25) is 0 Å². The van der Waals surface area contributed by atoms with Gasteiger partial charge >= 0.3 is 0 Å². The summed E-state index contributed by atoms with van der Waals surface area (Å²) in [4.78, 5) is 12.2. The van der Waals surface area contributed by atoms with Gasteiger partial charge in [0.25, 0.3) is 0 Å². The summed E-state index contributed by atoms with van der Waals surface area (Å²) in [6.45, 7) is 1.35. The van der Waals surface area contributed by atoms with Gasteiger partial charge in [-0.25, -0.2) is 0 Å². The van der Waals surface area contributed by atoms with Crippen molar-refractivity contribution in [3.05, 3.63) is 53.0 Å². The van der Waals surface area contributed by atoms with E-state index in [2.05, 4.69) is 26.6 Å². The van der Waals surface area contributed by atoms with Gasteiger partial charge in [-0.05, 0) is 55.3 Å². The lowest BCUT2D eigenvalue weighted by molar-refractivity contribution is -0.122. The van der Waals surface area contributed by atoms with Gasteiger partial charge in [-0.2, -0.15) is 0 Å². The molecule has 120 valence electrons. The Kier molecular flexibility index (Phi) is 5.31. The fourth-order valence-electron chi connectivity index (χ4n) is 2.57. The largest absolute Gasteiger partial charge is 0.381 e. The molecule has 0 unspecified atom stereocenters. The minimum atomic E-state index is 0.0585. The van der Waals surface area contributed by atoms with E-state index in [0.717, 1.165) is 34.4 Å². The highest BCUT2D eigenvalue weighted by molar-refractivity contribution is 9.10. The fraction of sp³-hybridized carbons (Fsp3) is 0.278. The number of halogens is 1. The van der Waals surface area contributed by atoms with E-state index in [4.69, 9.17) is 4.74 Å². The van der Waals surface area contributed by atoms with Crippen molar-refractivity contribution in [3.63, 3.8) is 0 Å². The first-order valence-corrected chi connectivity index (χ1v) is 8.51. The molecule has 1 saturated heterocycles. The third-order valence-electron chi connectivity index (χ3n) is 3.86. The topological polar surface area (TPSA) is 50.4 Å². The van der Waals surface area contributed by atoms with Crippen molar-refractivity contribution in [2.45, 2.75) is 12.8 Å². The molecule has 1 heterocycles. The molecular weight excluding hydrogens is 356 g/mol. The third-order valence-corrected chi connectivity index (χ3v) is 4.35. The molecule has 1 aliphatic heterocycles. The predicted molar refractivity (Wildman–Crippen MR) is 96.0 cm³/mol. The standard InChI is InChI=1S/C18H19BrN2O2/c19-14-2-1-3-17(12-14)20-15-4-6-16(7-5-15)21-18(22)13-8-10-23-11-9-13/h1-7,12-13,20H,8-11H2,(H,21,22). The van der Waals surface area contributed by atoms with Gasteiger partial charge < -0.3 is 15.4 Å². The van der Waals surface area contributed by atoms with Crippen molar-refractivity contribution in [3.8, 4) is 0 Å². The van der Waals surface area contributed by atoms with E-state index in [0.29, 0.717) is 13.2 Å². The number of hydrogen-bond donors (Lipinski definition) is 2. The average Bonchev–Trinajstić information content (AvgIpc) is 2.57. The van der Waals surface area contributed by atoms with Crippen LogP contribution in [-0.2, 0) is 9.53 Å². The lowest BCUT2D eigenvalue weighted by Gasteiger charge is -2.21. The van der Waals surface area contributed by atoms with E-state index in [1.54, 1.807) is 0 Å². The SMILES string of the molecule is O=C(Nc1ccc(Nc2cccc(Br)c2)cc1)C1CCOCC1. The zero-order valence-corrected chi connectivity index (χ0v) is 14.3. The van der Waals surface area contributed by atoms with Gasteiger partial charge in [-0.1, -0.05) is 22.0 Å². The summed E-state index contributed by atoms with van der Waals surface area (Å²) in [6.07, 6.45) is 1.60. The quantitative estimate of drug-likeness (QED) is 0.824. The predicted octanol–water partition coefficient (Wildman–Crippen LogP) is 4.56. The first kappa shape index (κ1) is 16.0. The summed E-state index contributed by atoms with van der Waals surface area (Å²) in [6, 6.07) is 15.7. The monoisotopic (exact) mass is 374 g/mol. The second kappa shape index (κ2) is 7.62. The number of benzene rings is 2. The van der Waals surface area contributed by atoms with Crippen LogP contribution in [-0.4, -0.2) is 19.1 Å². The van der Waals surface area contributed by atoms with Gasteiger partial charge in [-0.3, -0.25) is 4.79 Å². The van der Waals surface area contributed by atoms with Crippen LogP contribution in [0.4, 0.5) is 17.1 Å². The van der Waals surface area contributed by atoms with Crippen LogP contribution in [0.3, 0.4) is 0 Å². The highest BCUT2D eigenvalue weighted by Gasteiger charge is 2.21. The number of anilines is 3. The molecule has 0 atom stereocenters. The molecule has 1 aliphatic rings. The van der Waals surface area contributed by atoms with Crippen molar-refractivity contribution in [1.29, 1.82) is 0 Å². The van der Waals surface area contributed by atoms with Gasteiger partial charge in [0, 0.05) is 40.7 Å². The summed E-state index contributed by atoms with van der Waals surface area (Å²) in [5, 5.41) is 6.31. The van der Waals surface area contributed by atoms with Gasteiger partial charge in [-0.15, -0.1) is 0 Å². The molecule has 2 N–H and O–H groups in total. The first-order valence-electron chi connectivity index (χ1n) is 7.72. The average molecular weight is 375 g/mol. The van der Waals surface area contributed by atoms with Crippen molar-refractivity contribution in [1.82, 2.24) is 0 Å². The van der Waals surface area contributed by atoms with Gasteiger partial charge in [0.1, 0.15) is 0 Å². The smallest absolute Gasteiger partial charge is 0.227 e. The number of carbonyl (C=O) groups excluding carboxylic acids is 1. The molecule has 5 heteroatoms. The number of carbonyl (C=O) groups is 1. The summed E-state index contributed by atoms with van der Waals surface area (Å²) < 4.78 is 6.32. The van der Waals surface area contributed by atoms with E-state index in [-0.39, 0.29) is 11.8 Å². The molecular formula is C18H19BrN2O2. The van der Waals surface area contributed by atoms with E-state index in [1.807, 2.05) is 48.5 Å². The van der Waals surface area contributed by atoms with Gasteiger partial charge in [0.2, 0.25) is 5.91 Å². The molecule has 4 nitrogen and oxygen atoms in total. The molecule has 0 aliphatic carbocycles. The molecule has 0 radical (unpaired) electrons. The molecule has 2 aromatic rings. The van der Waals surface area contributed by atoms with Crippen LogP contribution in [0.25, 0.3) is 0 Å². The number of nitrogens with one attached hydrogen (secondary N) is 2. The third kappa shape index (κ3) is 4.56. The Morgan fingerprint density at radius 2 is 1.70 bits per heavy atom. The highest BCUT2D eigenvalue weighted by atomic mass is 79.9. The lowest BCUT2D eigenvalue weighted by atomic mass is 9.99. The van der Waals surface area contributed by atoms with Gasteiger partial charge in [0.15, 0.2) is 0 Å². The zero-order valence-electron chi connectivity index (χ0n) is 12.7. The number of rotatable bonds is 4. The minimum Gasteiger partial charge on any atom is -0.381 e. The van der Waals surface area contributed by atoms with Crippen molar-refractivity contribution >= 4 is 38.9 Å². The number of amides is 1. The maximum absolute atomic E-state index is 12.2. The molecule has 1 amide bonds. The van der Waals surface area contributed by atoms with Crippen LogP contribution < -0.4 is 10.6 Å². The maximum atomic E-state index is 12.2. The van der Waals surface area contributed by atoms with E-state index in [1.165, 1.54) is 0 Å². The zero-order chi connectivity index (χ0) is 16.1. The van der Waals surface area contributed by atoms with E-state index >= 15 is 0 Å². The molecule has 3 rings (SSSR count). The van der Waals surface area contributed by atoms with Crippen LogP contribution in [0.15, 0.2) is 53.0 Å². The van der Waals surface area contributed by atoms with Crippen molar-refractivity contribution in [2.24, 2.45) is 5.92 Å². The van der Waals surface area contributed by atoms with Crippen LogP contribution in [0, 0.1) is 5.92 Å². The normalized spacial score (nSPS) is 15.2. The van der Waals surface area contributed by atoms with Gasteiger partial charge in [0.05, 0.1) is 0 Å². The number of hydrogen-bond acceptors (Lipinski definition) is 3. The molecule has 2 aromatic carbocycles. The fourth-order valence-corrected chi connectivity index (χ4v) is 2.97. The molecule has 0 spiro atoms. The van der Waals surface area contributed by atoms with Crippen LogP contribution >= 0.6 is 15.9 Å². The summed E-state index contributed by atoms with van der Waals surface area (Å²) in [7, 11) is 0. The number of ether oxygens (including phenoxy) is 1. The Morgan fingerprint density at radius 3 is 2.39 bits per heavy atom. The summed E-state index contributed by atoms with van der Waals surface area (Å²) in [5.74, 6) is 0.143. The Morgan fingerprint density at radius 1 is 1.00 bits per heavy atom. The second-order valence-electron chi connectivity index (χ2n) is 5.59. The summed E-state index contributed by atoms with van der Waals surface area (Å²) >= 11 is 3.46. The lowest BCUT2D eigenvalue weighted by Crippen LogP contribution is -2.28. The Bertz CT molecular complexity index is 667. The molecule has 23 heavy (non-hydrogen) atoms. The molecule has 0 saturated carbocycles. The Hall–Kier alpha value is -1.85. The van der Waals surface area contributed by atoms with E-state index < -0.39 is 0 Å².